The van der Waals surface area contributed by atoms with Crippen LogP contribution in [0.4, 0.5) is 0 Å². The molecule has 0 fully saturated rings. The second-order valence-corrected chi connectivity index (χ2v) is 2.69. The molecule has 0 aromatic rings. The first kappa shape index (κ1) is 10.9. The number of carbonyl (C=O) groups is 2. The van der Waals surface area contributed by atoms with E-state index in [0.29, 0.717) is 0 Å². The third-order valence-corrected chi connectivity index (χ3v) is 1.57. The Labute approximate surface area is 71.4 Å². The maximum atomic E-state index is 10.8. The Morgan fingerprint density at radius 1 is 1.50 bits per heavy atom. The topological polar surface area (TPSA) is 69.6 Å². The molecular weight excluding hydrogens is 160 g/mol. The molecule has 0 heterocycles. The number of amides is 1. The number of likely N-dealkylation sites (N-methyl/N-ethyl adjacent to an activating group) is 1. The summed E-state index contributed by atoms with van der Waals surface area (Å²) in [6.45, 7) is 0. The minimum absolute atomic E-state index is 0.0150. The van der Waals surface area contributed by atoms with Gasteiger partial charge in [0.2, 0.25) is 5.91 Å². The quantitative estimate of drug-likeness (QED) is 0.581. The Hall–Kier alpha value is -1.10. The largest absolute Gasteiger partial charge is 0.480 e. The van der Waals surface area contributed by atoms with Crippen molar-refractivity contribution in [2.75, 3.05) is 21.1 Å². The second-order valence-electron chi connectivity index (χ2n) is 2.69. The molecule has 0 spiro atoms. The summed E-state index contributed by atoms with van der Waals surface area (Å²) >= 11 is 0. The van der Waals surface area contributed by atoms with Crippen molar-refractivity contribution in [2.45, 2.75) is 12.5 Å². The fraction of sp³-hybridized carbons (Fsp3) is 0.714. The SMILES string of the molecule is CNC(=O)C[C@@H](C(=O)O)N(C)C. The van der Waals surface area contributed by atoms with Gasteiger partial charge in [0.05, 0.1) is 6.42 Å². The lowest BCUT2D eigenvalue weighted by Crippen LogP contribution is -2.39. The van der Waals surface area contributed by atoms with Gasteiger partial charge in [0.25, 0.3) is 0 Å². The van der Waals surface area contributed by atoms with Crippen molar-refractivity contribution in [1.82, 2.24) is 10.2 Å². The van der Waals surface area contributed by atoms with Crippen LogP contribution < -0.4 is 5.32 Å². The average Bonchev–Trinajstić information content (AvgIpc) is 1.98. The Morgan fingerprint density at radius 2 is 2.00 bits per heavy atom. The summed E-state index contributed by atoms with van der Waals surface area (Å²) in [5.74, 6) is -1.25. The van der Waals surface area contributed by atoms with E-state index >= 15 is 0 Å². The highest BCUT2D eigenvalue weighted by molar-refractivity contribution is 5.84. The summed E-state index contributed by atoms with van der Waals surface area (Å²) in [5.41, 5.74) is 0. The summed E-state index contributed by atoms with van der Waals surface area (Å²) in [6, 6.07) is -0.745. The molecule has 0 bridgehead atoms. The molecule has 12 heavy (non-hydrogen) atoms. The van der Waals surface area contributed by atoms with Crippen LogP contribution in [-0.2, 0) is 9.59 Å². The number of nitrogens with zero attached hydrogens (tertiary/aromatic N) is 1. The molecule has 0 rings (SSSR count). The number of hydrogen-bond acceptors (Lipinski definition) is 3. The van der Waals surface area contributed by atoms with E-state index in [1.807, 2.05) is 0 Å². The predicted molar refractivity (Wildman–Crippen MR) is 43.8 cm³/mol. The van der Waals surface area contributed by atoms with Gasteiger partial charge in [-0.15, -0.1) is 0 Å². The molecule has 1 atom stereocenters. The molecular formula is C7H14N2O3. The van der Waals surface area contributed by atoms with Crippen molar-refractivity contribution in [3.8, 4) is 0 Å². The molecule has 2 N–H and O–H groups in total. The highest BCUT2D eigenvalue weighted by atomic mass is 16.4. The zero-order chi connectivity index (χ0) is 9.72. The van der Waals surface area contributed by atoms with E-state index in [2.05, 4.69) is 5.32 Å². The first-order valence-corrected chi connectivity index (χ1v) is 3.58. The molecule has 0 aliphatic heterocycles. The van der Waals surface area contributed by atoms with Gasteiger partial charge in [0.15, 0.2) is 0 Å². The van der Waals surface area contributed by atoms with Crippen molar-refractivity contribution < 1.29 is 14.7 Å². The van der Waals surface area contributed by atoms with Gasteiger partial charge in [-0.2, -0.15) is 0 Å². The second kappa shape index (κ2) is 4.71. The molecule has 0 saturated heterocycles. The van der Waals surface area contributed by atoms with E-state index in [9.17, 15) is 9.59 Å². The monoisotopic (exact) mass is 174 g/mol. The van der Waals surface area contributed by atoms with E-state index in [-0.39, 0.29) is 12.3 Å². The summed E-state index contributed by atoms with van der Waals surface area (Å²) in [7, 11) is 4.74. The van der Waals surface area contributed by atoms with Gasteiger partial charge < -0.3 is 10.4 Å². The number of nitrogens with one attached hydrogen (secondary N) is 1. The number of carboxylic acid groups (broad SMARTS) is 1. The minimum atomic E-state index is -0.983. The van der Waals surface area contributed by atoms with Crippen LogP contribution in [0.5, 0.6) is 0 Å². The fourth-order valence-corrected chi connectivity index (χ4v) is 0.768. The van der Waals surface area contributed by atoms with Gasteiger partial charge in [-0.3, -0.25) is 14.5 Å². The first-order chi connectivity index (χ1) is 5.49. The van der Waals surface area contributed by atoms with Crippen LogP contribution in [0.1, 0.15) is 6.42 Å². The predicted octanol–water partition coefficient (Wildman–Crippen LogP) is -0.863. The van der Waals surface area contributed by atoms with Gasteiger partial charge in [0, 0.05) is 7.05 Å². The van der Waals surface area contributed by atoms with Crippen LogP contribution in [0.3, 0.4) is 0 Å². The molecule has 5 heteroatoms. The van der Waals surface area contributed by atoms with Gasteiger partial charge in [-0.25, -0.2) is 0 Å². The van der Waals surface area contributed by atoms with Crippen molar-refractivity contribution >= 4 is 11.9 Å². The standard InChI is InChI=1S/C7H14N2O3/c1-8-6(10)4-5(7(11)12)9(2)3/h5H,4H2,1-3H3,(H,8,10)(H,11,12)/t5-/m0/s1. The Kier molecular flexibility index (Phi) is 4.28. The van der Waals surface area contributed by atoms with Crippen molar-refractivity contribution in [1.29, 1.82) is 0 Å². The van der Waals surface area contributed by atoms with Crippen molar-refractivity contribution in [3.63, 3.8) is 0 Å². The van der Waals surface area contributed by atoms with E-state index < -0.39 is 12.0 Å². The summed E-state index contributed by atoms with van der Waals surface area (Å²) < 4.78 is 0. The highest BCUT2D eigenvalue weighted by Gasteiger charge is 2.22. The van der Waals surface area contributed by atoms with Crippen molar-refractivity contribution in [2.24, 2.45) is 0 Å². The molecule has 70 valence electrons. The summed E-state index contributed by atoms with van der Waals surface area (Å²) in [4.78, 5) is 22.9. The van der Waals surface area contributed by atoms with Crippen LogP contribution in [-0.4, -0.2) is 49.1 Å². The molecule has 0 aliphatic carbocycles. The number of aliphatic carboxylic acids is 1. The maximum absolute atomic E-state index is 10.8. The van der Waals surface area contributed by atoms with E-state index in [1.54, 1.807) is 14.1 Å². The Bertz CT molecular complexity index is 179. The van der Waals surface area contributed by atoms with Gasteiger partial charge in [-0.05, 0) is 14.1 Å². The molecule has 0 saturated carbocycles. The number of carbonyl (C=O) groups excluding carboxylic acids is 1. The van der Waals surface area contributed by atoms with E-state index in [1.165, 1.54) is 11.9 Å². The number of rotatable bonds is 4. The highest BCUT2D eigenvalue weighted by Crippen LogP contribution is 1.99. The Morgan fingerprint density at radius 3 is 2.25 bits per heavy atom. The first-order valence-electron chi connectivity index (χ1n) is 3.58. The zero-order valence-corrected chi connectivity index (χ0v) is 7.50. The Balaban J connectivity index is 4.14. The lowest BCUT2D eigenvalue weighted by molar-refractivity contribution is -0.144. The normalized spacial score (nSPS) is 12.7. The number of carboxylic acids is 1. The third-order valence-electron chi connectivity index (χ3n) is 1.57. The molecule has 0 unspecified atom stereocenters. The lowest BCUT2D eigenvalue weighted by Gasteiger charge is -2.18. The molecule has 5 nitrogen and oxygen atoms in total. The van der Waals surface area contributed by atoms with Gasteiger partial charge in [0.1, 0.15) is 6.04 Å². The smallest absolute Gasteiger partial charge is 0.321 e. The molecule has 0 aliphatic rings. The third kappa shape index (κ3) is 3.34. The van der Waals surface area contributed by atoms with E-state index in [0.717, 1.165) is 0 Å². The van der Waals surface area contributed by atoms with E-state index in [4.69, 9.17) is 5.11 Å². The van der Waals surface area contributed by atoms with Gasteiger partial charge >= 0.3 is 5.97 Å². The van der Waals surface area contributed by atoms with Crippen LogP contribution in [0.25, 0.3) is 0 Å². The average molecular weight is 174 g/mol. The molecule has 0 radical (unpaired) electrons. The van der Waals surface area contributed by atoms with Gasteiger partial charge in [-0.1, -0.05) is 0 Å². The van der Waals surface area contributed by atoms with Crippen LogP contribution >= 0.6 is 0 Å². The molecule has 0 aromatic carbocycles. The molecule has 0 aromatic heterocycles. The lowest BCUT2D eigenvalue weighted by atomic mass is 10.2. The molecule has 1 amide bonds. The summed E-state index contributed by atoms with van der Waals surface area (Å²) in [5, 5.41) is 11.0. The fourth-order valence-electron chi connectivity index (χ4n) is 0.768. The van der Waals surface area contributed by atoms with Crippen LogP contribution in [0.2, 0.25) is 0 Å². The number of hydrogen-bond donors (Lipinski definition) is 2. The maximum Gasteiger partial charge on any atom is 0.321 e. The summed E-state index contributed by atoms with van der Waals surface area (Å²) in [6.07, 6.45) is -0.0150. The van der Waals surface area contributed by atoms with Crippen LogP contribution in [0, 0.1) is 0 Å². The zero-order valence-electron chi connectivity index (χ0n) is 7.50. The van der Waals surface area contributed by atoms with Crippen molar-refractivity contribution in [3.05, 3.63) is 0 Å². The minimum Gasteiger partial charge on any atom is -0.480 e. The van der Waals surface area contributed by atoms with Crippen LogP contribution in [0.15, 0.2) is 0 Å².